The zero-order valence-corrected chi connectivity index (χ0v) is 10.9. The van der Waals surface area contributed by atoms with E-state index in [0.29, 0.717) is 0 Å². The summed E-state index contributed by atoms with van der Waals surface area (Å²) in [4.78, 5) is 2.63. The Morgan fingerprint density at radius 1 is 0.938 bits per heavy atom. The summed E-state index contributed by atoms with van der Waals surface area (Å²) < 4.78 is 0. The number of nitrogens with zero attached hydrogens (tertiary/aromatic N) is 1. The van der Waals surface area contributed by atoms with E-state index in [9.17, 15) is 0 Å². The van der Waals surface area contributed by atoms with E-state index in [2.05, 4.69) is 17.3 Å². The molecule has 2 fully saturated rings. The second-order valence-electron chi connectivity index (χ2n) is 5.73. The van der Waals surface area contributed by atoms with Crippen LogP contribution in [0.3, 0.4) is 0 Å². The van der Waals surface area contributed by atoms with Gasteiger partial charge in [-0.2, -0.15) is 0 Å². The summed E-state index contributed by atoms with van der Waals surface area (Å²) in [5.41, 5.74) is 0. The molecule has 1 unspecified atom stereocenters. The molecule has 0 radical (unpaired) electrons. The quantitative estimate of drug-likeness (QED) is 0.793. The van der Waals surface area contributed by atoms with Crippen LogP contribution in [0.5, 0.6) is 0 Å². The third kappa shape index (κ3) is 3.74. The van der Waals surface area contributed by atoms with Gasteiger partial charge in [0, 0.05) is 18.6 Å². The first-order chi connectivity index (χ1) is 7.86. The van der Waals surface area contributed by atoms with Crippen molar-refractivity contribution in [3.8, 4) is 0 Å². The molecule has 2 rings (SSSR count). The Morgan fingerprint density at radius 3 is 2.25 bits per heavy atom. The highest BCUT2D eigenvalue weighted by Crippen LogP contribution is 2.21. The fourth-order valence-corrected chi connectivity index (χ4v) is 3.28. The van der Waals surface area contributed by atoms with Gasteiger partial charge in [0.25, 0.3) is 0 Å². The highest BCUT2D eigenvalue weighted by molar-refractivity contribution is 4.80. The molecule has 0 aromatic heterocycles. The molecule has 16 heavy (non-hydrogen) atoms. The van der Waals surface area contributed by atoms with E-state index in [4.69, 9.17) is 0 Å². The highest BCUT2D eigenvalue weighted by atomic mass is 15.2. The van der Waals surface area contributed by atoms with Crippen LogP contribution in [-0.2, 0) is 0 Å². The van der Waals surface area contributed by atoms with E-state index < -0.39 is 0 Å². The summed E-state index contributed by atoms with van der Waals surface area (Å²) in [5, 5.41) is 3.61. The second-order valence-corrected chi connectivity index (χ2v) is 5.73. The summed E-state index contributed by atoms with van der Waals surface area (Å²) >= 11 is 0. The molecule has 1 saturated carbocycles. The van der Waals surface area contributed by atoms with Gasteiger partial charge in [-0.1, -0.05) is 32.1 Å². The van der Waals surface area contributed by atoms with Crippen LogP contribution in [-0.4, -0.2) is 37.1 Å². The van der Waals surface area contributed by atoms with Crippen LogP contribution in [0.4, 0.5) is 0 Å². The topological polar surface area (TPSA) is 15.3 Å². The molecule has 94 valence electrons. The molecule has 2 nitrogen and oxygen atoms in total. The van der Waals surface area contributed by atoms with Gasteiger partial charge in [-0.15, -0.1) is 0 Å². The van der Waals surface area contributed by atoms with Crippen LogP contribution in [0.1, 0.15) is 57.8 Å². The Hall–Kier alpha value is -0.0800. The van der Waals surface area contributed by atoms with Gasteiger partial charge in [-0.3, -0.25) is 0 Å². The lowest BCUT2D eigenvalue weighted by atomic mass is 9.95. The summed E-state index contributed by atoms with van der Waals surface area (Å²) in [6.07, 6.45) is 12.9. The zero-order valence-electron chi connectivity index (χ0n) is 10.9. The molecule has 0 aromatic rings. The molecule has 1 N–H and O–H groups in total. The van der Waals surface area contributed by atoms with Crippen molar-refractivity contribution in [2.75, 3.05) is 20.1 Å². The van der Waals surface area contributed by atoms with Crippen molar-refractivity contribution < 1.29 is 0 Å². The molecule has 1 aliphatic carbocycles. The fraction of sp³-hybridized carbons (Fsp3) is 1.00. The van der Waals surface area contributed by atoms with Gasteiger partial charge in [0.15, 0.2) is 0 Å². The predicted molar refractivity (Wildman–Crippen MR) is 69.8 cm³/mol. The predicted octanol–water partition coefficient (Wildman–Crippen LogP) is 2.78. The van der Waals surface area contributed by atoms with E-state index in [1.165, 1.54) is 70.9 Å². The molecule has 0 spiro atoms. The van der Waals surface area contributed by atoms with Gasteiger partial charge in [-0.05, 0) is 39.3 Å². The number of rotatable bonds is 3. The number of hydrogen-bond acceptors (Lipinski definition) is 2. The molecule has 0 aromatic carbocycles. The van der Waals surface area contributed by atoms with Gasteiger partial charge in [0.05, 0.1) is 0 Å². The van der Waals surface area contributed by atoms with Crippen molar-refractivity contribution >= 4 is 0 Å². The molecule has 0 bridgehead atoms. The van der Waals surface area contributed by atoms with E-state index in [1.54, 1.807) is 0 Å². The van der Waals surface area contributed by atoms with Gasteiger partial charge < -0.3 is 10.2 Å². The van der Waals surface area contributed by atoms with Crippen molar-refractivity contribution in [1.82, 2.24) is 10.2 Å². The summed E-state index contributed by atoms with van der Waals surface area (Å²) in [6, 6.07) is 1.64. The monoisotopic (exact) mass is 224 g/mol. The van der Waals surface area contributed by atoms with Crippen LogP contribution in [0.15, 0.2) is 0 Å². The zero-order chi connectivity index (χ0) is 11.2. The van der Waals surface area contributed by atoms with Crippen LogP contribution in [0, 0.1) is 0 Å². The van der Waals surface area contributed by atoms with Gasteiger partial charge in [0.2, 0.25) is 0 Å². The van der Waals surface area contributed by atoms with Crippen molar-refractivity contribution in [1.29, 1.82) is 0 Å². The van der Waals surface area contributed by atoms with E-state index in [0.717, 1.165) is 12.1 Å². The van der Waals surface area contributed by atoms with Crippen molar-refractivity contribution in [3.63, 3.8) is 0 Å². The number of hydrogen-bond donors (Lipinski definition) is 1. The Bertz CT molecular complexity index is 179. The van der Waals surface area contributed by atoms with Crippen molar-refractivity contribution in [3.05, 3.63) is 0 Å². The minimum absolute atomic E-state index is 0.774. The molecular weight excluding hydrogens is 196 g/mol. The first-order valence-electron chi connectivity index (χ1n) is 7.30. The average Bonchev–Trinajstić information content (AvgIpc) is 2.69. The van der Waals surface area contributed by atoms with Crippen molar-refractivity contribution in [2.45, 2.75) is 69.9 Å². The molecule has 0 amide bonds. The number of likely N-dealkylation sites (N-methyl/N-ethyl adjacent to an activating group) is 1. The fourth-order valence-electron chi connectivity index (χ4n) is 3.28. The molecule has 1 aliphatic heterocycles. The SMILES string of the molecule is CN(CC1CCCN1)C1CCCCCCC1. The Morgan fingerprint density at radius 2 is 1.62 bits per heavy atom. The maximum absolute atomic E-state index is 3.61. The molecule has 1 atom stereocenters. The maximum Gasteiger partial charge on any atom is 0.0195 e. The summed E-state index contributed by atoms with van der Waals surface area (Å²) in [7, 11) is 2.34. The largest absolute Gasteiger partial charge is 0.313 e. The van der Waals surface area contributed by atoms with Gasteiger partial charge in [-0.25, -0.2) is 0 Å². The second kappa shape index (κ2) is 6.61. The Balaban J connectivity index is 1.74. The smallest absolute Gasteiger partial charge is 0.0195 e. The lowest BCUT2D eigenvalue weighted by Crippen LogP contribution is -2.41. The third-order valence-electron chi connectivity index (χ3n) is 4.37. The van der Waals surface area contributed by atoms with Gasteiger partial charge in [0.1, 0.15) is 0 Å². The Labute approximate surface area is 101 Å². The number of nitrogens with one attached hydrogen (secondary N) is 1. The third-order valence-corrected chi connectivity index (χ3v) is 4.37. The van der Waals surface area contributed by atoms with E-state index in [1.807, 2.05) is 0 Å². The molecular formula is C14H28N2. The maximum atomic E-state index is 3.61. The van der Waals surface area contributed by atoms with E-state index >= 15 is 0 Å². The first-order valence-corrected chi connectivity index (χ1v) is 7.30. The molecule has 2 heteroatoms. The van der Waals surface area contributed by atoms with Gasteiger partial charge >= 0.3 is 0 Å². The van der Waals surface area contributed by atoms with Crippen LogP contribution in [0.2, 0.25) is 0 Å². The van der Waals surface area contributed by atoms with Crippen LogP contribution in [0.25, 0.3) is 0 Å². The minimum atomic E-state index is 0.774. The van der Waals surface area contributed by atoms with Crippen LogP contribution >= 0.6 is 0 Å². The van der Waals surface area contributed by atoms with Crippen LogP contribution < -0.4 is 5.32 Å². The molecule has 2 aliphatic rings. The first kappa shape index (κ1) is 12.4. The van der Waals surface area contributed by atoms with Crippen molar-refractivity contribution in [2.24, 2.45) is 0 Å². The highest BCUT2D eigenvalue weighted by Gasteiger charge is 2.21. The lowest BCUT2D eigenvalue weighted by Gasteiger charge is -2.31. The minimum Gasteiger partial charge on any atom is -0.313 e. The molecule has 1 saturated heterocycles. The molecule has 1 heterocycles. The lowest BCUT2D eigenvalue weighted by molar-refractivity contribution is 0.188. The Kier molecular flexibility index (Phi) is 5.11. The summed E-state index contributed by atoms with van der Waals surface area (Å²) in [6.45, 7) is 2.51. The standard InChI is InChI=1S/C14H28N2/c1-16(12-13-8-7-11-15-13)14-9-5-3-2-4-6-10-14/h13-15H,2-12H2,1H3. The summed E-state index contributed by atoms with van der Waals surface area (Å²) in [5.74, 6) is 0. The average molecular weight is 224 g/mol. The van der Waals surface area contributed by atoms with E-state index in [-0.39, 0.29) is 0 Å². The normalized spacial score (nSPS) is 29.2.